The summed E-state index contributed by atoms with van der Waals surface area (Å²) in [5, 5.41) is 11.9. The van der Waals surface area contributed by atoms with E-state index in [1.54, 1.807) is 12.1 Å². The first-order valence-electron chi connectivity index (χ1n) is 4.96. The van der Waals surface area contributed by atoms with Gasteiger partial charge in [0.15, 0.2) is 0 Å². The Kier molecular flexibility index (Phi) is 4.58. The molecule has 1 heterocycles. The molecule has 15 heavy (non-hydrogen) atoms. The summed E-state index contributed by atoms with van der Waals surface area (Å²) in [6, 6.07) is 5.59. The quantitative estimate of drug-likeness (QED) is 0.743. The van der Waals surface area contributed by atoms with Crippen molar-refractivity contribution < 1.29 is 4.74 Å². The van der Waals surface area contributed by atoms with Gasteiger partial charge < -0.3 is 10.1 Å². The molecule has 1 N–H and O–H groups in total. The van der Waals surface area contributed by atoms with Gasteiger partial charge >= 0.3 is 0 Å². The van der Waals surface area contributed by atoms with E-state index in [-0.39, 0.29) is 0 Å². The van der Waals surface area contributed by atoms with E-state index in [2.05, 4.69) is 16.4 Å². The lowest BCUT2D eigenvalue weighted by Crippen LogP contribution is -2.10. The standard InChI is InChI=1S/C11H15N3O/c1-3-15-5-4-13-11-7-10(8-12)6-9(2)14-11/h6-7H,3-5H2,1-2H3,(H,13,14). The predicted octanol–water partition coefficient (Wildman–Crippen LogP) is 1.71. The third-order valence-corrected chi connectivity index (χ3v) is 1.84. The minimum Gasteiger partial charge on any atom is -0.380 e. The average Bonchev–Trinajstić information content (AvgIpc) is 2.23. The first-order chi connectivity index (χ1) is 7.26. The number of hydrogen-bond donors (Lipinski definition) is 1. The molecule has 1 rings (SSSR count). The number of pyridine rings is 1. The van der Waals surface area contributed by atoms with Crippen LogP contribution in [0.4, 0.5) is 5.82 Å². The molecule has 0 aromatic carbocycles. The Morgan fingerprint density at radius 1 is 1.53 bits per heavy atom. The highest BCUT2D eigenvalue weighted by atomic mass is 16.5. The fourth-order valence-electron chi connectivity index (χ4n) is 1.22. The Labute approximate surface area is 89.9 Å². The molecule has 80 valence electrons. The van der Waals surface area contributed by atoms with Crippen LogP contribution < -0.4 is 5.32 Å². The van der Waals surface area contributed by atoms with Crippen molar-refractivity contribution in [2.24, 2.45) is 0 Å². The first kappa shape index (κ1) is 11.5. The van der Waals surface area contributed by atoms with Gasteiger partial charge in [0.05, 0.1) is 18.2 Å². The number of nitriles is 1. The molecule has 4 nitrogen and oxygen atoms in total. The predicted molar refractivity (Wildman–Crippen MR) is 58.7 cm³/mol. The zero-order chi connectivity index (χ0) is 11.1. The molecule has 0 bridgehead atoms. The van der Waals surface area contributed by atoms with E-state index in [0.717, 1.165) is 11.5 Å². The van der Waals surface area contributed by atoms with Gasteiger partial charge in [-0.1, -0.05) is 0 Å². The molecule has 0 fully saturated rings. The summed E-state index contributed by atoms with van der Waals surface area (Å²) in [5.41, 5.74) is 1.47. The maximum Gasteiger partial charge on any atom is 0.127 e. The van der Waals surface area contributed by atoms with Crippen LogP contribution in [0.15, 0.2) is 12.1 Å². The van der Waals surface area contributed by atoms with Gasteiger partial charge in [0.2, 0.25) is 0 Å². The Balaban J connectivity index is 2.54. The molecular formula is C11H15N3O. The van der Waals surface area contributed by atoms with Crippen molar-refractivity contribution in [1.29, 1.82) is 5.26 Å². The van der Waals surface area contributed by atoms with E-state index in [1.807, 2.05) is 13.8 Å². The van der Waals surface area contributed by atoms with Crippen LogP contribution in [0, 0.1) is 18.3 Å². The van der Waals surface area contributed by atoms with Crippen molar-refractivity contribution in [3.63, 3.8) is 0 Å². The van der Waals surface area contributed by atoms with Crippen LogP contribution in [-0.2, 0) is 4.74 Å². The molecule has 0 aliphatic rings. The van der Waals surface area contributed by atoms with Crippen LogP contribution in [0.1, 0.15) is 18.2 Å². The van der Waals surface area contributed by atoms with E-state index in [9.17, 15) is 0 Å². The van der Waals surface area contributed by atoms with Gasteiger partial charge in [0, 0.05) is 18.8 Å². The van der Waals surface area contributed by atoms with E-state index < -0.39 is 0 Å². The Morgan fingerprint density at radius 2 is 2.33 bits per heavy atom. The Hall–Kier alpha value is -1.60. The van der Waals surface area contributed by atoms with Crippen LogP contribution in [0.3, 0.4) is 0 Å². The van der Waals surface area contributed by atoms with Crippen molar-refractivity contribution in [1.82, 2.24) is 4.98 Å². The lowest BCUT2D eigenvalue weighted by atomic mass is 10.2. The normalized spacial score (nSPS) is 9.67. The Bertz CT molecular complexity index is 357. The van der Waals surface area contributed by atoms with Crippen LogP contribution >= 0.6 is 0 Å². The molecule has 1 aromatic heterocycles. The zero-order valence-electron chi connectivity index (χ0n) is 9.08. The molecule has 0 radical (unpaired) electrons. The molecule has 0 amide bonds. The average molecular weight is 205 g/mol. The van der Waals surface area contributed by atoms with Crippen LogP contribution in [0.2, 0.25) is 0 Å². The molecule has 0 unspecified atom stereocenters. The molecule has 0 aliphatic carbocycles. The number of rotatable bonds is 5. The van der Waals surface area contributed by atoms with E-state index in [1.165, 1.54) is 0 Å². The van der Waals surface area contributed by atoms with Gasteiger partial charge in [-0.15, -0.1) is 0 Å². The highest BCUT2D eigenvalue weighted by Crippen LogP contribution is 2.08. The fraction of sp³-hybridized carbons (Fsp3) is 0.455. The third kappa shape index (κ3) is 3.96. The molecule has 0 spiro atoms. The topological polar surface area (TPSA) is 57.9 Å². The van der Waals surface area contributed by atoms with Gasteiger partial charge in [-0.25, -0.2) is 4.98 Å². The summed E-state index contributed by atoms with van der Waals surface area (Å²) in [5.74, 6) is 0.728. The molecule has 0 saturated carbocycles. The second-order valence-corrected chi connectivity index (χ2v) is 3.12. The number of aromatic nitrogens is 1. The van der Waals surface area contributed by atoms with Gasteiger partial charge in [-0.3, -0.25) is 0 Å². The smallest absolute Gasteiger partial charge is 0.127 e. The van der Waals surface area contributed by atoms with Crippen molar-refractivity contribution in [3.05, 3.63) is 23.4 Å². The van der Waals surface area contributed by atoms with Crippen molar-refractivity contribution in [2.45, 2.75) is 13.8 Å². The summed E-state index contributed by atoms with van der Waals surface area (Å²) in [6.45, 7) is 5.89. The van der Waals surface area contributed by atoms with Crippen LogP contribution in [0.5, 0.6) is 0 Å². The van der Waals surface area contributed by atoms with Crippen LogP contribution in [0.25, 0.3) is 0 Å². The molecular weight excluding hydrogens is 190 g/mol. The van der Waals surface area contributed by atoms with Gasteiger partial charge in [-0.2, -0.15) is 5.26 Å². The summed E-state index contributed by atoms with van der Waals surface area (Å²) in [4.78, 5) is 4.26. The summed E-state index contributed by atoms with van der Waals surface area (Å²) < 4.78 is 5.19. The molecule has 4 heteroatoms. The monoisotopic (exact) mass is 205 g/mol. The van der Waals surface area contributed by atoms with Gasteiger partial charge in [0.25, 0.3) is 0 Å². The second-order valence-electron chi connectivity index (χ2n) is 3.12. The highest BCUT2D eigenvalue weighted by molar-refractivity contribution is 5.44. The van der Waals surface area contributed by atoms with Crippen molar-refractivity contribution in [3.8, 4) is 6.07 Å². The lowest BCUT2D eigenvalue weighted by Gasteiger charge is -2.06. The number of aryl methyl sites for hydroxylation is 1. The van der Waals surface area contributed by atoms with E-state index in [0.29, 0.717) is 25.3 Å². The number of hydrogen-bond acceptors (Lipinski definition) is 4. The zero-order valence-corrected chi connectivity index (χ0v) is 9.08. The van der Waals surface area contributed by atoms with E-state index in [4.69, 9.17) is 10.00 Å². The van der Waals surface area contributed by atoms with Gasteiger partial charge in [-0.05, 0) is 26.0 Å². The minimum atomic E-state index is 0.626. The number of nitrogens with zero attached hydrogens (tertiary/aromatic N) is 2. The van der Waals surface area contributed by atoms with Crippen LogP contribution in [-0.4, -0.2) is 24.7 Å². The molecule has 0 atom stereocenters. The second kappa shape index (κ2) is 5.99. The largest absolute Gasteiger partial charge is 0.380 e. The number of anilines is 1. The molecule has 0 aliphatic heterocycles. The maximum atomic E-state index is 8.77. The summed E-state index contributed by atoms with van der Waals surface area (Å²) in [6.07, 6.45) is 0. The van der Waals surface area contributed by atoms with Crippen molar-refractivity contribution in [2.75, 3.05) is 25.1 Å². The SMILES string of the molecule is CCOCCNc1cc(C#N)cc(C)n1. The number of nitrogens with one attached hydrogen (secondary N) is 1. The van der Waals surface area contributed by atoms with E-state index >= 15 is 0 Å². The Morgan fingerprint density at radius 3 is 3.00 bits per heavy atom. The first-order valence-corrected chi connectivity index (χ1v) is 4.96. The number of ether oxygens (including phenoxy) is 1. The maximum absolute atomic E-state index is 8.77. The fourth-order valence-corrected chi connectivity index (χ4v) is 1.22. The lowest BCUT2D eigenvalue weighted by molar-refractivity contribution is 0.158. The molecule has 0 saturated heterocycles. The van der Waals surface area contributed by atoms with Gasteiger partial charge in [0.1, 0.15) is 5.82 Å². The highest BCUT2D eigenvalue weighted by Gasteiger charge is 1.98. The third-order valence-electron chi connectivity index (χ3n) is 1.84. The minimum absolute atomic E-state index is 0.626. The van der Waals surface area contributed by atoms with Crippen molar-refractivity contribution >= 4 is 5.82 Å². The summed E-state index contributed by atoms with van der Waals surface area (Å²) >= 11 is 0. The summed E-state index contributed by atoms with van der Waals surface area (Å²) in [7, 11) is 0. The molecule has 1 aromatic rings.